The molecule has 254 valence electrons. The van der Waals surface area contributed by atoms with Crippen LogP contribution in [-0.2, 0) is 18.6 Å². The number of aromatic nitrogens is 3. The number of hydrogen-bond acceptors (Lipinski definition) is 5. The van der Waals surface area contributed by atoms with Gasteiger partial charge in [0.15, 0.2) is 0 Å². The van der Waals surface area contributed by atoms with Gasteiger partial charge in [-0.15, -0.1) is 0 Å². The lowest BCUT2D eigenvalue weighted by Crippen LogP contribution is -2.29. The summed E-state index contributed by atoms with van der Waals surface area (Å²) in [6.07, 6.45) is 0. The van der Waals surface area contributed by atoms with Crippen LogP contribution in [0.3, 0.4) is 0 Å². The molecule has 2 amide bonds. The van der Waals surface area contributed by atoms with Crippen LogP contribution in [0.15, 0.2) is 77.6 Å². The fraction of sp³-hybridized carbons (Fsp3) is 0.243. The van der Waals surface area contributed by atoms with Crippen LogP contribution in [0.5, 0.6) is 5.75 Å². The summed E-state index contributed by atoms with van der Waals surface area (Å²) in [7, 11) is 0. The molecule has 0 saturated carbocycles. The van der Waals surface area contributed by atoms with Crippen LogP contribution < -0.4 is 20.9 Å². The number of carbonyl (C=O) groups is 2. The standard InChI is InChI=1S/C37H37ClFN5O5/c1-21-7-13-28(14-8-21)44-32(18-31(42-44)37(4,5)6)41-36(48)40-19-26-16-27(39)12-11-25(26)20-49-30-15-23(3)43(34(45)33(30)38)29-17-24(35(46)47)10-9-22(29)2/h7-18H,19-20H2,1-6H3,(H,46,47)(H2,40,41,48). The number of urea groups is 1. The number of nitrogens with one attached hydrogen (secondary N) is 2. The van der Waals surface area contributed by atoms with Gasteiger partial charge in [-0.2, -0.15) is 5.10 Å². The molecule has 5 aromatic rings. The normalized spacial score (nSPS) is 11.3. The molecule has 0 aliphatic rings. The zero-order chi connectivity index (χ0) is 35.6. The molecule has 0 fully saturated rings. The van der Waals surface area contributed by atoms with Gasteiger partial charge in [-0.1, -0.05) is 62.2 Å². The Bertz CT molecular complexity index is 2120. The minimum atomic E-state index is -1.12. The minimum absolute atomic E-state index is 0.0271. The number of amides is 2. The van der Waals surface area contributed by atoms with Gasteiger partial charge in [0, 0.05) is 29.8 Å². The molecule has 10 nitrogen and oxygen atoms in total. The molecule has 12 heteroatoms. The Morgan fingerprint density at radius 1 is 0.959 bits per heavy atom. The number of benzene rings is 3. The first-order valence-corrected chi connectivity index (χ1v) is 15.9. The highest BCUT2D eigenvalue weighted by molar-refractivity contribution is 6.31. The van der Waals surface area contributed by atoms with Crippen molar-refractivity contribution in [3.8, 4) is 17.1 Å². The summed E-state index contributed by atoms with van der Waals surface area (Å²) in [5.41, 5.74) is 4.40. The monoisotopic (exact) mass is 685 g/mol. The number of pyridine rings is 1. The molecule has 0 bridgehead atoms. The van der Waals surface area contributed by atoms with Crippen LogP contribution in [0.25, 0.3) is 11.4 Å². The van der Waals surface area contributed by atoms with E-state index in [1.165, 1.54) is 34.9 Å². The molecule has 5 rings (SSSR count). The maximum atomic E-state index is 14.4. The Morgan fingerprint density at radius 3 is 2.35 bits per heavy atom. The highest BCUT2D eigenvalue weighted by Crippen LogP contribution is 2.28. The summed E-state index contributed by atoms with van der Waals surface area (Å²) in [5.74, 6) is -1.04. The molecule has 0 spiro atoms. The lowest BCUT2D eigenvalue weighted by atomic mass is 9.92. The van der Waals surface area contributed by atoms with Gasteiger partial charge in [-0.05, 0) is 73.9 Å². The zero-order valence-electron chi connectivity index (χ0n) is 28.0. The molecule has 2 aromatic heterocycles. The number of anilines is 1. The largest absolute Gasteiger partial charge is 0.487 e. The quantitative estimate of drug-likeness (QED) is 0.146. The van der Waals surface area contributed by atoms with Crippen molar-refractivity contribution in [3.05, 3.63) is 133 Å². The Kier molecular flexibility index (Phi) is 9.95. The fourth-order valence-corrected chi connectivity index (χ4v) is 5.37. The maximum Gasteiger partial charge on any atom is 0.335 e. The van der Waals surface area contributed by atoms with Crippen LogP contribution >= 0.6 is 11.6 Å². The lowest BCUT2D eigenvalue weighted by Gasteiger charge is -2.17. The molecule has 0 unspecified atom stereocenters. The van der Waals surface area contributed by atoms with Gasteiger partial charge in [0.25, 0.3) is 5.56 Å². The van der Waals surface area contributed by atoms with Gasteiger partial charge in [0.2, 0.25) is 0 Å². The number of aromatic carboxylic acids is 1. The number of halogens is 2. The molecule has 0 saturated heterocycles. The topological polar surface area (TPSA) is 127 Å². The first-order chi connectivity index (χ1) is 23.1. The Labute approximate surface area is 288 Å². The van der Waals surface area contributed by atoms with Crippen LogP contribution in [0.4, 0.5) is 15.0 Å². The van der Waals surface area contributed by atoms with Gasteiger partial charge < -0.3 is 15.2 Å². The highest BCUT2D eigenvalue weighted by Gasteiger charge is 2.22. The van der Waals surface area contributed by atoms with Crippen molar-refractivity contribution in [1.82, 2.24) is 19.7 Å². The van der Waals surface area contributed by atoms with Crippen LogP contribution in [0.1, 0.15) is 64.8 Å². The van der Waals surface area contributed by atoms with E-state index >= 15 is 0 Å². The van der Waals surface area contributed by atoms with Crippen molar-refractivity contribution in [2.45, 2.75) is 60.1 Å². The molecule has 0 aliphatic heterocycles. The van der Waals surface area contributed by atoms with E-state index in [2.05, 4.69) is 10.6 Å². The van der Waals surface area contributed by atoms with E-state index in [-0.39, 0.29) is 34.9 Å². The zero-order valence-corrected chi connectivity index (χ0v) is 28.8. The van der Waals surface area contributed by atoms with Crippen LogP contribution in [0, 0.1) is 26.6 Å². The number of nitrogens with zero attached hydrogens (tertiary/aromatic N) is 3. The van der Waals surface area contributed by atoms with E-state index in [1.54, 1.807) is 30.7 Å². The second-order valence-corrected chi connectivity index (χ2v) is 13.2. The molecule has 49 heavy (non-hydrogen) atoms. The fourth-order valence-electron chi connectivity index (χ4n) is 5.18. The number of hydrogen-bond donors (Lipinski definition) is 3. The smallest absolute Gasteiger partial charge is 0.335 e. The minimum Gasteiger partial charge on any atom is -0.487 e. The molecule has 0 aliphatic carbocycles. The highest BCUT2D eigenvalue weighted by atomic mass is 35.5. The summed E-state index contributed by atoms with van der Waals surface area (Å²) < 4.78 is 23.3. The Balaban J connectivity index is 1.33. The third kappa shape index (κ3) is 7.84. The lowest BCUT2D eigenvalue weighted by molar-refractivity contribution is 0.0696. The van der Waals surface area contributed by atoms with Crippen molar-refractivity contribution in [3.63, 3.8) is 0 Å². The van der Waals surface area contributed by atoms with Crippen LogP contribution in [-0.4, -0.2) is 31.5 Å². The summed E-state index contributed by atoms with van der Waals surface area (Å²) in [6.45, 7) is 11.4. The van der Waals surface area contributed by atoms with E-state index in [0.29, 0.717) is 33.9 Å². The number of rotatable bonds is 9. The van der Waals surface area contributed by atoms with Gasteiger partial charge in [-0.25, -0.2) is 18.7 Å². The van der Waals surface area contributed by atoms with Gasteiger partial charge >= 0.3 is 12.0 Å². The van der Waals surface area contributed by atoms with E-state index in [1.807, 2.05) is 58.0 Å². The van der Waals surface area contributed by atoms with E-state index < -0.39 is 23.4 Å². The first-order valence-electron chi connectivity index (χ1n) is 15.5. The van der Waals surface area contributed by atoms with Gasteiger partial charge in [0.1, 0.15) is 29.0 Å². The summed E-state index contributed by atoms with van der Waals surface area (Å²) in [6, 6.07) is 19.3. The van der Waals surface area contributed by atoms with Crippen molar-refractivity contribution in [2.24, 2.45) is 0 Å². The molecule has 3 N–H and O–H groups in total. The van der Waals surface area contributed by atoms with Crippen molar-refractivity contribution < 1.29 is 23.8 Å². The van der Waals surface area contributed by atoms with E-state index in [0.717, 1.165) is 16.9 Å². The number of carboxylic acid groups (broad SMARTS) is 1. The molecule has 3 aromatic carbocycles. The first kappa shape index (κ1) is 34.9. The predicted molar refractivity (Wildman–Crippen MR) is 187 cm³/mol. The average molecular weight is 686 g/mol. The van der Waals surface area contributed by atoms with Gasteiger partial charge in [0.05, 0.1) is 22.6 Å². The summed E-state index contributed by atoms with van der Waals surface area (Å²) in [4.78, 5) is 38.1. The third-order valence-electron chi connectivity index (χ3n) is 7.99. The summed E-state index contributed by atoms with van der Waals surface area (Å²) in [5, 5.41) is 19.6. The third-order valence-corrected chi connectivity index (χ3v) is 8.33. The summed E-state index contributed by atoms with van der Waals surface area (Å²) >= 11 is 6.47. The van der Waals surface area contributed by atoms with Crippen molar-refractivity contribution in [2.75, 3.05) is 5.32 Å². The van der Waals surface area contributed by atoms with E-state index in [9.17, 15) is 23.9 Å². The number of carboxylic acids is 1. The predicted octanol–water partition coefficient (Wildman–Crippen LogP) is 7.64. The second kappa shape index (κ2) is 14.0. The van der Waals surface area contributed by atoms with E-state index in [4.69, 9.17) is 21.4 Å². The SMILES string of the molecule is Cc1ccc(-n2nc(C(C)(C)C)cc2NC(=O)NCc2cc(F)ccc2COc2cc(C)n(-c3cc(C(=O)O)ccc3C)c(=O)c2Cl)cc1. The van der Waals surface area contributed by atoms with Crippen LogP contribution in [0.2, 0.25) is 5.02 Å². The second-order valence-electron chi connectivity index (χ2n) is 12.8. The molecule has 0 atom stereocenters. The molecular weight excluding hydrogens is 649 g/mol. The number of aryl methyl sites for hydroxylation is 3. The average Bonchev–Trinajstić information content (AvgIpc) is 3.47. The molecule has 0 radical (unpaired) electrons. The Morgan fingerprint density at radius 2 is 1.67 bits per heavy atom. The van der Waals surface area contributed by atoms with Crippen molar-refractivity contribution >= 4 is 29.4 Å². The van der Waals surface area contributed by atoms with Crippen molar-refractivity contribution in [1.29, 1.82) is 0 Å². The number of ether oxygens (including phenoxy) is 1. The number of carbonyl (C=O) groups excluding carboxylic acids is 1. The Hall–Kier alpha value is -5.42. The molecule has 2 heterocycles. The molecular formula is C37H37ClFN5O5. The van der Waals surface area contributed by atoms with Gasteiger partial charge in [-0.3, -0.25) is 14.7 Å². The maximum absolute atomic E-state index is 14.4.